The van der Waals surface area contributed by atoms with E-state index >= 15 is 0 Å². The van der Waals surface area contributed by atoms with Crippen LogP contribution in [0.25, 0.3) is 22.2 Å². The highest BCUT2D eigenvalue weighted by molar-refractivity contribution is 6.30. The number of nitrogens with one attached hydrogen (secondary N) is 3. The zero-order valence-corrected chi connectivity index (χ0v) is 37.9. The Morgan fingerprint density at radius 3 is 2.42 bits per heavy atom. The summed E-state index contributed by atoms with van der Waals surface area (Å²) in [4.78, 5) is 43.9. The Morgan fingerprint density at radius 1 is 0.922 bits per heavy atom. The summed E-state index contributed by atoms with van der Waals surface area (Å²) in [6.07, 6.45) is 19.8. The number of rotatable bonds is 22. The van der Waals surface area contributed by atoms with Gasteiger partial charge in [-0.2, -0.15) is 4.98 Å². The molecule has 1 aliphatic carbocycles. The Hall–Kier alpha value is -5.21. The minimum Gasteiger partial charge on any atom is -0.381 e. The molecule has 2 aliphatic rings. The van der Waals surface area contributed by atoms with Gasteiger partial charge in [0.05, 0.1) is 0 Å². The van der Waals surface area contributed by atoms with Crippen molar-refractivity contribution in [2.45, 2.75) is 95.7 Å². The molecule has 0 bridgehead atoms. The number of benzene rings is 2. The third-order valence-corrected chi connectivity index (χ3v) is 12.6. The molecule has 0 spiro atoms. The van der Waals surface area contributed by atoms with E-state index in [0.29, 0.717) is 47.8 Å². The monoisotopic (exact) mass is 891 g/mol. The highest BCUT2D eigenvalue weighted by Crippen LogP contribution is 2.37. The maximum atomic E-state index is 14.1. The fraction of sp³-hybridized carbons (Fsp3) is 0.460. The zero-order chi connectivity index (χ0) is 44.7. The molecule has 1 unspecified atom stereocenters. The number of ether oxygens (including phenoxy) is 1. The number of aromatic nitrogens is 4. The molecule has 3 N–H and O–H groups in total. The van der Waals surface area contributed by atoms with Crippen molar-refractivity contribution in [3.05, 3.63) is 114 Å². The topological polar surface area (TPSA) is 130 Å². The molecule has 2 fully saturated rings. The van der Waals surface area contributed by atoms with E-state index in [2.05, 4.69) is 77.3 Å². The van der Waals surface area contributed by atoms with Gasteiger partial charge in [-0.3, -0.25) is 19.5 Å². The third kappa shape index (κ3) is 13.2. The van der Waals surface area contributed by atoms with E-state index in [9.17, 15) is 14.0 Å². The van der Waals surface area contributed by atoms with E-state index < -0.39 is 11.9 Å². The lowest BCUT2D eigenvalue weighted by Crippen LogP contribution is -2.46. The molecule has 4 heterocycles. The molecule has 64 heavy (non-hydrogen) atoms. The first kappa shape index (κ1) is 46.8. The summed E-state index contributed by atoms with van der Waals surface area (Å²) in [5.41, 5.74) is 6.34. The number of unbranched alkanes of at least 4 members (excludes halogenated alkanes) is 2. The first-order valence-electron chi connectivity index (χ1n) is 23.1. The number of anilines is 2. The minimum absolute atomic E-state index is 0.233. The minimum atomic E-state index is -0.622. The Labute approximate surface area is 382 Å². The lowest BCUT2D eigenvalue weighted by molar-refractivity contribution is -0.122. The highest BCUT2D eigenvalue weighted by atomic mass is 35.5. The predicted octanol–water partition coefficient (Wildman–Crippen LogP) is 9.28. The van der Waals surface area contributed by atoms with Crippen LogP contribution in [0, 0.1) is 5.82 Å². The van der Waals surface area contributed by atoms with Gasteiger partial charge in [-0.25, -0.2) is 9.37 Å². The van der Waals surface area contributed by atoms with Crippen molar-refractivity contribution < 1.29 is 18.7 Å². The van der Waals surface area contributed by atoms with Crippen molar-refractivity contribution in [2.75, 3.05) is 58.3 Å². The van der Waals surface area contributed by atoms with Gasteiger partial charge in [0, 0.05) is 99.3 Å². The highest BCUT2D eigenvalue weighted by Gasteiger charge is 2.23. The molecular weight excluding hydrogens is 829 g/mol. The predicted molar refractivity (Wildman–Crippen MR) is 253 cm³/mol. The van der Waals surface area contributed by atoms with Crippen LogP contribution in [0.15, 0.2) is 85.8 Å². The summed E-state index contributed by atoms with van der Waals surface area (Å²) < 4.78 is 22.3. The van der Waals surface area contributed by atoms with Crippen LogP contribution in [0.1, 0.15) is 98.3 Å². The lowest BCUT2D eigenvalue weighted by Gasteiger charge is -2.34. The summed E-state index contributed by atoms with van der Waals surface area (Å²) in [6.45, 7) is 11.5. The van der Waals surface area contributed by atoms with E-state index in [1.54, 1.807) is 31.5 Å². The smallest absolute Gasteiger partial charge is 0.270 e. The van der Waals surface area contributed by atoms with Crippen LogP contribution < -0.4 is 16.0 Å². The number of hydrogen-bond donors (Lipinski definition) is 3. The summed E-state index contributed by atoms with van der Waals surface area (Å²) in [6, 6.07) is 16.7. The quantitative estimate of drug-likeness (QED) is 0.0460. The number of likely N-dealkylation sites (N-methyl/N-ethyl adjacent to an activating group) is 1. The van der Waals surface area contributed by atoms with E-state index in [4.69, 9.17) is 21.3 Å². The normalized spacial score (nSPS) is 15.5. The SMILES string of the molecule is C=CCCC(NC(=O)c1ccc(CCCOCCCCCN2CCN(Cc3ccc(-c4cn(C5CCCCC5)c5nc(Nc6cc(F)cc(Cl)c6)ncc45)cc3)CC2)cn1)C(=O)NC. The van der Waals surface area contributed by atoms with Gasteiger partial charge in [0.2, 0.25) is 11.9 Å². The summed E-state index contributed by atoms with van der Waals surface area (Å²) in [5, 5.41) is 9.85. The van der Waals surface area contributed by atoms with Crippen LogP contribution in [0.5, 0.6) is 0 Å². The van der Waals surface area contributed by atoms with E-state index in [-0.39, 0.29) is 11.8 Å². The number of amides is 2. The van der Waals surface area contributed by atoms with Crippen LogP contribution >= 0.6 is 11.6 Å². The van der Waals surface area contributed by atoms with Gasteiger partial charge >= 0.3 is 0 Å². The number of halogens is 2. The molecule has 5 aromatic rings. The zero-order valence-electron chi connectivity index (χ0n) is 37.2. The van der Waals surface area contributed by atoms with E-state index in [1.807, 2.05) is 12.3 Å². The number of nitrogens with zero attached hydrogens (tertiary/aromatic N) is 6. The number of piperazine rings is 1. The second-order valence-electron chi connectivity index (χ2n) is 17.1. The van der Waals surface area contributed by atoms with Crippen LogP contribution in [0.3, 0.4) is 0 Å². The number of hydrogen-bond acceptors (Lipinski definition) is 9. The second-order valence-corrected chi connectivity index (χ2v) is 17.5. The van der Waals surface area contributed by atoms with E-state index in [0.717, 1.165) is 112 Å². The van der Waals surface area contributed by atoms with Crippen molar-refractivity contribution in [1.82, 2.24) is 40.0 Å². The van der Waals surface area contributed by atoms with Gasteiger partial charge in [-0.1, -0.05) is 67.3 Å². The van der Waals surface area contributed by atoms with Gasteiger partial charge in [-0.05, 0) is 105 Å². The molecule has 14 heteroatoms. The number of allylic oxidation sites excluding steroid dienone is 1. The molecule has 1 saturated carbocycles. The molecule has 2 amide bonds. The fourth-order valence-corrected chi connectivity index (χ4v) is 9.02. The molecule has 340 valence electrons. The van der Waals surface area contributed by atoms with Crippen LogP contribution in [0.2, 0.25) is 5.02 Å². The molecule has 12 nitrogen and oxygen atoms in total. The van der Waals surface area contributed by atoms with Crippen molar-refractivity contribution in [3.8, 4) is 11.1 Å². The molecule has 0 radical (unpaired) electrons. The van der Waals surface area contributed by atoms with Gasteiger partial charge < -0.3 is 30.2 Å². The van der Waals surface area contributed by atoms with Gasteiger partial charge in [0.1, 0.15) is 23.2 Å². The van der Waals surface area contributed by atoms with E-state index in [1.165, 1.54) is 43.4 Å². The van der Waals surface area contributed by atoms with Gasteiger partial charge in [0.15, 0.2) is 0 Å². The fourth-order valence-electron chi connectivity index (χ4n) is 8.79. The Morgan fingerprint density at radius 2 is 1.69 bits per heavy atom. The van der Waals surface area contributed by atoms with Gasteiger partial charge in [0.25, 0.3) is 5.91 Å². The van der Waals surface area contributed by atoms with Crippen LogP contribution in [0.4, 0.5) is 16.0 Å². The van der Waals surface area contributed by atoms with Crippen molar-refractivity contribution in [1.29, 1.82) is 0 Å². The third-order valence-electron chi connectivity index (χ3n) is 12.4. The standard InChI is InChI=1S/C50H63ClFN9O3/c1-3-4-15-46(48(62)53-2)57-49(63)45-21-18-36(32-54-45)12-11-28-64-27-10-6-9-22-59-23-25-60(26-24-59)34-37-16-19-38(20-17-37)44-35-61(42-13-7-5-8-14-42)47-43(44)33-55-50(58-47)56-41-30-39(51)29-40(52)31-41/h3,16-21,29-33,35,42,46H,1,4-15,22-28,34H2,2H3,(H,53,62)(H,57,63)(H,55,56,58). The molecule has 2 aromatic carbocycles. The number of aryl methyl sites for hydroxylation is 1. The average Bonchev–Trinajstić information content (AvgIpc) is 3.69. The number of fused-ring (bicyclic) bond motifs is 1. The first-order valence-corrected chi connectivity index (χ1v) is 23.4. The maximum absolute atomic E-state index is 14.1. The number of pyridine rings is 1. The summed E-state index contributed by atoms with van der Waals surface area (Å²) >= 11 is 6.11. The molecule has 7 rings (SSSR count). The number of carbonyl (C=O) groups is 2. The second kappa shape index (κ2) is 23.6. The Balaban J connectivity index is 0.792. The van der Waals surface area contributed by atoms with Gasteiger partial charge in [-0.15, -0.1) is 6.58 Å². The maximum Gasteiger partial charge on any atom is 0.270 e. The van der Waals surface area contributed by atoms with Crippen molar-refractivity contribution >= 4 is 46.1 Å². The Kier molecular flexibility index (Phi) is 17.3. The largest absolute Gasteiger partial charge is 0.381 e. The van der Waals surface area contributed by atoms with Crippen LogP contribution in [-0.2, 0) is 22.5 Å². The molecular formula is C50H63ClFN9O3. The molecule has 3 aromatic heterocycles. The summed E-state index contributed by atoms with van der Waals surface area (Å²) in [5.74, 6) is -0.590. The average molecular weight is 893 g/mol. The van der Waals surface area contributed by atoms with Crippen LogP contribution in [-0.4, -0.2) is 100 Å². The molecule has 1 aliphatic heterocycles. The lowest BCUT2D eigenvalue weighted by atomic mass is 9.95. The Bertz CT molecular complexity index is 2270. The summed E-state index contributed by atoms with van der Waals surface area (Å²) in [7, 11) is 1.56. The molecule has 1 atom stereocenters. The van der Waals surface area contributed by atoms with Crippen molar-refractivity contribution in [3.63, 3.8) is 0 Å². The number of carbonyl (C=O) groups excluding carboxylic acids is 2. The van der Waals surface area contributed by atoms with Crippen molar-refractivity contribution in [2.24, 2.45) is 0 Å². The first-order chi connectivity index (χ1) is 31.3. The molecule has 1 saturated heterocycles.